The molecule has 5 nitrogen and oxygen atoms in total. The summed E-state index contributed by atoms with van der Waals surface area (Å²) in [6.07, 6.45) is 0. The van der Waals surface area contributed by atoms with E-state index in [4.69, 9.17) is 0 Å². The van der Waals surface area contributed by atoms with E-state index in [1.54, 1.807) is 11.3 Å². The van der Waals surface area contributed by atoms with Crippen molar-refractivity contribution in [1.29, 1.82) is 0 Å². The van der Waals surface area contributed by atoms with Crippen molar-refractivity contribution in [2.45, 2.75) is 26.9 Å². The van der Waals surface area contributed by atoms with E-state index in [0.717, 1.165) is 24.5 Å². The van der Waals surface area contributed by atoms with Crippen LogP contribution in [0.4, 0.5) is 5.82 Å². The summed E-state index contributed by atoms with van der Waals surface area (Å²) in [5.41, 5.74) is 5.36. The lowest BCUT2D eigenvalue weighted by atomic mass is 10.2. The topological polar surface area (TPSA) is 46.0 Å². The zero-order chi connectivity index (χ0) is 14.0. The maximum Gasteiger partial charge on any atom is 0.131 e. The molecule has 0 saturated heterocycles. The molecule has 0 saturated carbocycles. The van der Waals surface area contributed by atoms with Gasteiger partial charge in [0, 0.05) is 31.1 Å². The van der Waals surface area contributed by atoms with Gasteiger partial charge >= 0.3 is 0 Å². The normalized spacial score (nSPS) is 11.0. The quantitative estimate of drug-likeness (QED) is 0.907. The Morgan fingerprint density at radius 2 is 2.11 bits per heavy atom. The summed E-state index contributed by atoms with van der Waals surface area (Å²) in [7, 11) is 6.07. The first-order valence-corrected chi connectivity index (χ1v) is 7.19. The first-order valence-electron chi connectivity index (χ1n) is 6.31. The van der Waals surface area contributed by atoms with E-state index in [1.807, 2.05) is 24.3 Å². The molecule has 0 aliphatic rings. The Morgan fingerprint density at radius 3 is 2.68 bits per heavy atom. The first-order chi connectivity index (χ1) is 9.04. The number of aromatic nitrogens is 3. The number of hydrogen-bond donors (Lipinski definition) is 1. The number of aryl methyl sites for hydroxylation is 3. The number of rotatable bonds is 5. The van der Waals surface area contributed by atoms with Gasteiger partial charge < -0.3 is 10.2 Å². The zero-order valence-electron chi connectivity index (χ0n) is 12.2. The van der Waals surface area contributed by atoms with Crippen molar-refractivity contribution in [3.8, 4) is 0 Å². The highest BCUT2D eigenvalue weighted by molar-refractivity contribution is 7.09. The second kappa shape index (κ2) is 5.71. The zero-order valence-corrected chi connectivity index (χ0v) is 13.0. The molecule has 0 fully saturated rings. The average molecular weight is 279 g/mol. The molecule has 2 aromatic heterocycles. The lowest BCUT2D eigenvalue weighted by Crippen LogP contribution is -2.21. The highest BCUT2D eigenvalue weighted by Crippen LogP contribution is 2.25. The minimum Gasteiger partial charge on any atom is -0.354 e. The SMILES string of the molecule is CNCc1c(C)nn(C)c1N(C)Cc1scnc1C. The van der Waals surface area contributed by atoms with Crippen LogP contribution in [0.2, 0.25) is 0 Å². The van der Waals surface area contributed by atoms with Crippen LogP contribution in [0, 0.1) is 13.8 Å². The highest BCUT2D eigenvalue weighted by Gasteiger charge is 2.17. The summed E-state index contributed by atoms with van der Waals surface area (Å²) >= 11 is 1.71. The van der Waals surface area contributed by atoms with E-state index >= 15 is 0 Å². The largest absolute Gasteiger partial charge is 0.354 e. The maximum absolute atomic E-state index is 4.53. The van der Waals surface area contributed by atoms with E-state index in [0.29, 0.717) is 0 Å². The third kappa shape index (κ3) is 2.79. The average Bonchev–Trinajstić information content (AvgIpc) is 2.85. The molecule has 0 aromatic carbocycles. The Balaban J connectivity index is 2.28. The Hall–Kier alpha value is -1.40. The maximum atomic E-state index is 4.53. The number of hydrogen-bond acceptors (Lipinski definition) is 5. The van der Waals surface area contributed by atoms with Gasteiger partial charge in [-0.2, -0.15) is 5.10 Å². The van der Waals surface area contributed by atoms with E-state index in [2.05, 4.69) is 41.2 Å². The van der Waals surface area contributed by atoms with Gasteiger partial charge in [0.15, 0.2) is 0 Å². The van der Waals surface area contributed by atoms with Crippen LogP contribution < -0.4 is 10.2 Å². The molecule has 2 aromatic rings. The molecule has 0 unspecified atom stereocenters. The van der Waals surface area contributed by atoms with Crippen LogP contribution in [0.1, 0.15) is 21.8 Å². The Bertz CT molecular complexity index is 557. The Labute approximate surface area is 118 Å². The van der Waals surface area contributed by atoms with Crippen LogP contribution in [-0.4, -0.2) is 28.9 Å². The van der Waals surface area contributed by atoms with Gasteiger partial charge in [0.05, 0.1) is 23.4 Å². The molecule has 19 heavy (non-hydrogen) atoms. The van der Waals surface area contributed by atoms with E-state index in [1.165, 1.54) is 16.3 Å². The van der Waals surface area contributed by atoms with Crippen LogP contribution in [0.5, 0.6) is 0 Å². The fourth-order valence-corrected chi connectivity index (χ4v) is 3.15. The standard InChI is InChI=1S/C13H21N5S/c1-9-11(6-14-3)13(18(5)16-9)17(4)7-12-10(2)15-8-19-12/h8,14H,6-7H2,1-5H3. The van der Waals surface area contributed by atoms with Gasteiger partial charge in [-0.05, 0) is 20.9 Å². The van der Waals surface area contributed by atoms with Crippen molar-refractivity contribution < 1.29 is 0 Å². The summed E-state index contributed by atoms with van der Waals surface area (Å²) in [6.45, 7) is 5.82. The molecule has 1 N–H and O–H groups in total. The van der Waals surface area contributed by atoms with Gasteiger partial charge in [0.2, 0.25) is 0 Å². The summed E-state index contributed by atoms with van der Waals surface area (Å²) in [5.74, 6) is 1.17. The first kappa shape index (κ1) is 14.0. The number of thiazole rings is 1. The molecule has 0 bridgehead atoms. The lowest BCUT2D eigenvalue weighted by Gasteiger charge is -2.20. The molecule has 0 radical (unpaired) electrons. The van der Waals surface area contributed by atoms with Crippen molar-refractivity contribution in [3.05, 3.63) is 27.3 Å². The predicted octanol–water partition coefficient (Wildman–Crippen LogP) is 1.85. The van der Waals surface area contributed by atoms with Gasteiger partial charge in [-0.25, -0.2) is 4.98 Å². The summed E-state index contributed by atoms with van der Waals surface area (Å²) in [5, 5.41) is 7.74. The van der Waals surface area contributed by atoms with Gasteiger partial charge in [-0.1, -0.05) is 0 Å². The van der Waals surface area contributed by atoms with Crippen LogP contribution in [-0.2, 0) is 20.1 Å². The van der Waals surface area contributed by atoms with E-state index in [-0.39, 0.29) is 0 Å². The second-order valence-corrected chi connectivity index (χ2v) is 5.70. The smallest absolute Gasteiger partial charge is 0.131 e. The van der Waals surface area contributed by atoms with Gasteiger partial charge in [0.1, 0.15) is 5.82 Å². The van der Waals surface area contributed by atoms with Crippen LogP contribution in [0.15, 0.2) is 5.51 Å². The van der Waals surface area contributed by atoms with Gasteiger partial charge in [-0.3, -0.25) is 4.68 Å². The molecule has 104 valence electrons. The van der Waals surface area contributed by atoms with E-state index < -0.39 is 0 Å². The lowest BCUT2D eigenvalue weighted by molar-refractivity contribution is 0.724. The molecular weight excluding hydrogens is 258 g/mol. The fourth-order valence-electron chi connectivity index (χ4n) is 2.32. The van der Waals surface area contributed by atoms with Crippen molar-refractivity contribution >= 4 is 17.2 Å². The van der Waals surface area contributed by atoms with Gasteiger partial charge in [-0.15, -0.1) is 11.3 Å². The Kier molecular flexibility index (Phi) is 4.21. The number of anilines is 1. The summed E-state index contributed by atoms with van der Waals surface area (Å²) in [4.78, 5) is 7.85. The molecule has 2 rings (SSSR count). The molecule has 6 heteroatoms. The van der Waals surface area contributed by atoms with Crippen molar-refractivity contribution in [3.63, 3.8) is 0 Å². The molecule has 2 heterocycles. The molecule has 0 aliphatic heterocycles. The van der Waals surface area contributed by atoms with Crippen molar-refractivity contribution in [2.24, 2.45) is 7.05 Å². The third-order valence-electron chi connectivity index (χ3n) is 3.25. The molecule has 0 aliphatic carbocycles. The molecule has 0 spiro atoms. The van der Waals surface area contributed by atoms with Crippen molar-refractivity contribution in [2.75, 3.05) is 19.0 Å². The minimum atomic E-state index is 0.834. The Morgan fingerprint density at radius 1 is 1.37 bits per heavy atom. The highest BCUT2D eigenvalue weighted by atomic mass is 32.1. The number of nitrogens with zero attached hydrogens (tertiary/aromatic N) is 4. The molecular formula is C13H21N5S. The number of nitrogens with one attached hydrogen (secondary N) is 1. The minimum absolute atomic E-state index is 0.834. The van der Waals surface area contributed by atoms with Crippen molar-refractivity contribution in [1.82, 2.24) is 20.1 Å². The monoisotopic (exact) mass is 279 g/mol. The molecule has 0 atom stereocenters. The second-order valence-electron chi connectivity index (χ2n) is 4.76. The van der Waals surface area contributed by atoms with Crippen LogP contribution in [0.25, 0.3) is 0 Å². The predicted molar refractivity (Wildman–Crippen MR) is 79.7 cm³/mol. The fraction of sp³-hybridized carbons (Fsp3) is 0.538. The third-order valence-corrected chi connectivity index (χ3v) is 4.17. The van der Waals surface area contributed by atoms with Crippen LogP contribution in [0.3, 0.4) is 0 Å². The van der Waals surface area contributed by atoms with Crippen LogP contribution >= 0.6 is 11.3 Å². The summed E-state index contributed by atoms with van der Waals surface area (Å²) in [6, 6.07) is 0. The van der Waals surface area contributed by atoms with E-state index in [9.17, 15) is 0 Å². The summed E-state index contributed by atoms with van der Waals surface area (Å²) < 4.78 is 1.96. The molecule has 0 amide bonds. The van der Waals surface area contributed by atoms with Gasteiger partial charge in [0.25, 0.3) is 0 Å².